The predicted molar refractivity (Wildman–Crippen MR) is 139 cm³/mol. The Bertz CT molecular complexity index is 925. The van der Waals surface area contributed by atoms with Crippen molar-refractivity contribution in [2.75, 3.05) is 13.2 Å². The third-order valence-corrected chi connectivity index (χ3v) is 12.6. The Hall–Kier alpha value is -2.26. The van der Waals surface area contributed by atoms with Crippen LogP contribution < -0.4 is 15.9 Å². The van der Waals surface area contributed by atoms with E-state index < -0.39 is 15.3 Å². The maximum absolute atomic E-state index is 13.9. The molecular weight excluding hydrogens is 429 g/mol. The highest BCUT2D eigenvalue weighted by Crippen LogP contribution is 2.62. The van der Waals surface area contributed by atoms with Crippen molar-refractivity contribution >= 4 is 37.2 Å². The van der Waals surface area contributed by atoms with Crippen LogP contribution in [-0.2, 0) is 9.63 Å². The summed E-state index contributed by atoms with van der Waals surface area (Å²) in [5, 5.41) is 5.41. The second-order valence-corrected chi connectivity index (χ2v) is 18.9. The highest BCUT2D eigenvalue weighted by molar-refractivity contribution is 7.96. The summed E-state index contributed by atoms with van der Waals surface area (Å²) in [5.74, 6) is 0.130. The van der Waals surface area contributed by atoms with Crippen LogP contribution in [0.4, 0.5) is 0 Å². The standard InChI is InChI=1S/C27H33NO2PSi/c1-32(2,3)22-21-30-28-20-19-26(27(28)29)31(23-13-7-4-8-14-23,24-15-9-5-10-16-24)25-17-11-6-12-18-25/h4-18,26H,19-22H2,1-3H3/q+1. The monoisotopic (exact) mass is 462 g/mol. The second-order valence-electron chi connectivity index (χ2n) is 9.62. The molecule has 166 valence electrons. The van der Waals surface area contributed by atoms with Crippen LogP contribution in [0.25, 0.3) is 0 Å². The highest BCUT2D eigenvalue weighted by Gasteiger charge is 2.59. The zero-order valence-corrected chi connectivity index (χ0v) is 21.2. The predicted octanol–water partition coefficient (Wildman–Crippen LogP) is 4.85. The Morgan fingerprint density at radius 2 is 1.25 bits per heavy atom. The van der Waals surface area contributed by atoms with Crippen molar-refractivity contribution in [1.82, 2.24) is 5.06 Å². The fraction of sp³-hybridized carbons (Fsp3) is 0.296. The molecule has 1 unspecified atom stereocenters. The molecule has 1 amide bonds. The van der Waals surface area contributed by atoms with Crippen LogP contribution in [0, 0.1) is 0 Å². The molecule has 1 aliphatic rings. The van der Waals surface area contributed by atoms with E-state index in [0.29, 0.717) is 13.2 Å². The molecule has 5 heteroatoms. The molecule has 32 heavy (non-hydrogen) atoms. The minimum atomic E-state index is -2.22. The third-order valence-electron chi connectivity index (χ3n) is 6.19. The van der Waals surface area contributed by atoms with Gasteiger partial charge in [0, 0.05) is 14.5 Å². The molecular formula is C27H33NO2PSi+. The van der Waals surface area contributed by atoms with Gasteiger partial charge in [-0.3, -0.25) is 9.63 Å². The Morgan fingerprint density at radius 3 is 1.66 bits per heavy atom. The fourth-order valence-corrected chi connectivity index (χ4v) is 10.1. The van der Waals surface area contributed by atoms with Gasteiger partial charge in [-0.1, -0.05) is 74.2 Å². The Kier molecular flexibility index (Phi) is 6.95. The summed E-state index contributed by atoms with van der Waals surface area (Å²) >= 11 is 0. The summed E-state index contributed by atoms with van der Waals surface area (Å²) < 4.78 is 0. The van der Waals surface area contributed by atoms with E-state index in [1.165, 1.54) is 15.9 Å². The molecule has 1 aliphatic heterocycles. The van der Waals surface area contributed by atoms with Crippen LogP contribution in [0.3, 0.4) is 0 Å². The first kappa shape index (κ1) is 22.9. The van der Waals surface area contributed by atoms with E-state index >= 15 is 0 Å². The molecule has 1 heterocycles. The molecule has 1 saturated heterocycles. The van der Waals surface area contributed by atoms with E-state index in [0.717, 1.165) is 12.5 Å². The van der Waals surface area contributed by atoms with Gasteiger partial charge < -0.3 is 0 Å². The van der Waals surface area contributed by atoms with Crippen molar-refractivity contribution in [3.05, 3.63) is 91.0 Å². The average Bonchev–Trinajstić information content (AvgIpc) is 3.16. The number of benzene rings is 3. The van der Waals surface area contributed by atoms with Gasteiger partial charge in [0.25, 0.3) is 5.91 Å². The van der Waals surface area contributed by atoms with Crippen molar-refractivity contribution in [2.24, 2.45) is 0 Å². The quantitative estimate of drug-likeness (QED) is 0.354. The molecule has 0 aromatic heterocycles. The van der Waals surface area contributed by atoms with E-state index in [9.17, 15) is 4.79 Å². The van der Waals surface area contributed by atoms with Crippen molar-refractivity contribution in [3.63, 3.8) is 0 Å². The minimum Gasteiger partial charge on any atom is -0.271 e. The van der Waals surface area contributed by atoms with Gasteiger partial charge in [-0.2, -0.15) is 0 Å². The van der Waals surface area contributed by atoms with E-state index in [4.69, 9.17) is 4.84 Å². The Morgan fingerprint density at radius 1 is 0.812 bits per heavy atom. The van der Waals surface area contributed by atoms with E-state index in [2.05, 4.69) is 111 Å². The van der Waals surface area contributed by atoms with Crippen LogP contribution in [0.15, 0.2) is 91.0 Å². The van der Waals surface area contributed by atoms with Crippen molar-refractivity contribution < 1.29 is 9.63 Å². The number of hydrogen-bond donors (Lipinski definition) is 0. The first-order valence-corrected chi connectivity index (χ1v) is 17.0. The smallest absolute Gasteiger partial charge is 0.271 e. The molecule has 0 aliphatic carbocycles. The van der Waals surface area contributed by atoms with Crippen LogP contribution in [0.2, 0.25) is 25.7 Å². The SMILES string of the molecule is C[Si](C)(C)CCON1CCC([P+](c2ccccc2)(c2ccccc2)c2ccccc2)C1=O. The summed E-state index contributed by atoms with van der Waals surface area (Å²) in [5.41, 5.74) is -0.124. The van der Waals surface area contributed by atoms with Gasteiger partial charge in [0.1, 0.15) is 23.2 Å². The zero-order valence-electron chi connectivity index (χ0n) is 19.3. The summed E-state index contributed by atoms with van der Waals surface area (Å²) in [6, 6.07) is 33.0. The Balaban J connectivity index is 1.79. The normalized spacial score (nSPS) is 17.0. The number of carbonyl (C=O) groups is 1. The summed E-state index contributed by atoms with van der Waals surface area (Å²) in [6.45, 7) is 8.29. The number of rotatable bonds is 8. The van der Waals surface area contributed by atoms with Crippen molar-refractivity contribution in [1.29, 1.82) is 0 Å². The topological polar surface area (TPSA) is 29.5 Å². The first-order valence-electron chi connectivity index (χ1n) is 11.4. The van der Waals surface area contributed by atoms with Gasteiger partial charge >= 0.3 is 0 Å². The third kappa shape index (κ3) is 4.59. The molecule has 3 nitrogen and oxygen atoms in total. The second kappa shape index (κ2) is 9.70. The summed E-state index contributed by atoms with van der Waals surface area (Å²) in [7, 11) is -3.44. The van der Waals surface area contributed by atoms with Gasteiger partial charge in [-0.05, 0) is 42.4 Å². The number of amides is 1. The zero-order chi connectivity index (χ0) is 22.6. The molecule has 0 N–H and O–H groups in total. The van der Waals surface area contributed by atoms with Crippen molar-refractivity contribution in [3.8, 4) is 0 Å². The number of nitrogens with zero attached hydrogens (tertiary/aromatic N) is 1. The maximum Gasteiger partial charge on any atom is 0.288 e. The van der Waals surface area contributed by atoms with Crippen LogP contribution in [0.5, 0.6) is 0 Å². The lowest BCUT2D eigenvalue weighted by Crippen LogP contribution is -2.43. The van der Waals surface area contributed by atoms with Crippen LogP contribution >= 0.6 is 7.26 Å². The molecule has 0 bridgehead atoms. The molecule has 3 aromatic rings. The van der Waals surface area contributed by atoms with Gasteiger partial charge in [0.05, 0.1) is 13.2 Å². The summed E-state index contributed by atoms with van der Waals surface area (Å²) in [6.07, 6.45) is 0.804. The molecule has 0 radical (unpaired) electrons. The molecule has 1 atom stereocenters. The lowest BCUT2D eigenvalue weighted by atomic mass is 10.3. The van der Waals surface area contributed by atoms with Crippen molar-refractivity contribution in [2.45, 2.75) is 37.8 Å². The first-order chi connectivity index (χ1) is 15.4. The summed E-state index contributed by atoms with van der Waals surface area (Å²) in [4.78, 5) is 19.9. The van der Waals surface area contributed by atoms with E-state index in [1.807, 2.05) is 0 Å². The minimum absolute atomic E-state index is 0.124. The largest absolute Gasteiger partial charge is 0.288 e. The molecule has 0 saturated carbocycles. The molecule has 0 spiro atoms. The maximum atomic E-state index is 13.9. The van der Waals surface area contributed by atoms with E-state index in [1.54, 1.807) is 5.06 Å². The number of carbonyl (C=O) groups excluding carboxylic acids is 1. The van der Waals surface area contributed by atoms with Crippen LogP contribution in [-0.4, -0.2) is 37.9 Å². The van der Waals surface area contributed by atoms with Gasteiger partial charge in [0.2, 0.25) is 0 Å². The van der Waals surface area contributed by atoms with Crippen LogP contribution in [0.1, 0.15) is 6.42 Å². The number of hydrogen-bond acceptors (Lipinski definition) is 2. The lowest BCUT2D eigenvalue weighted by Gasteiger charge is -2.31. The number of hydroxylamine groups is 2. The molecule has 3 aromatic carbocycles. The van der Waals surface area contributed by atoms with Gasteiger partial charge in [0.15, 0.2) is 5.66 Å². The lowest BCUT2D eigenvalue weighted by molar-refractivity contribution is -0.175. The average molecular weight is 463 g/mol. The van der Waals surface area contributed by atoms with Gasteiger partial charge in [-0.25, -0.2) is 5.06 Å². The van der Waals surface area contributed by atoms with Gasteiger partial charge in [-0.15, -0.1) is 0 Å². The van der Waals surface area contributed by atoms with E-state index in [-0.39, 0.29) is 11.6 Å². The Labute approximate surface area is 193 Å². The fourth-order valence-electron chi connectivity index (χ4n) is 4.57. The molecule has 1 fully saturated rings. The highest BCUT2D eigenvalue weighted by atomic mass is 31.2. The molecule has 4 rings (SSSR count).